The second-order valence-corrected chi connectivity index (χ2v) is 16.8. The van der Waals surface area contributed by atoms with Crippen LogP contribution in [0.2, 0.25) is 0 Å². The van der Waals surface area contributed by atoms with Crippen molar-refractivity contribution >= 4 is 32.7 Å². The van der Waals surface area contributed by atoms with Gasteiger partial charge in [-0.05, 0) is 103 Å². The van der Waals surface area contributed by atoms with Gasteiger partial charge < -0.3 is 4.42 Å². The van der Waals surface area contributed by atoms with E-state index in [1.165, 1.54) is 38.8 Å². The molecule has 11 aromatic rings. The van der Waals surface area contributed by atoms with Gasteiger partial charge in [0.1, 0.15) is 11.2 Å². The van der Waals surface area contributed by atoms with E-state index in [4.69, 9.17) is 19.4 Å². The molecule has 0 fully saturated rings. The van der Waals surface area contributed by atoms with Crippen LogP contribution in [0.25, 0.3) is 111 Å². The van der Waals surface area contributed by atoms with Gasteiger partial charge in [0.05, 0.1) is 0 Å². The number of furan rings is 1. The molecule has 0 amide bonds. The van der Waals surface area contributed by atoms with Crippen LogP contribution in [0.3, 0.4) is 0 Å². The van der Waals surface area contributed by atoms with Crippen molar-refractivity contribution in [2.75, 3.05) is 0 Å². The van der Waals surface area contributed by atoms with Gasteiger partial charge in [-0.3, -0.25) is 0 Å². The Bertz CT molecular complexity index is 3560. The second-order valence-electron chi connectivity index (χ2n) is 16.8. The minimum absolute atomic E-state index is 0.150. The molecule has 4 nitrogen and oxygen atoms in total. The summed E-state index contributed by atoms with van der Waals surface area (Å²) in [6.07, 6.45) is 0. The van der Waals surface area contributed by atoms with Crippen molar-refractivity contribution in [3.05, 3.63) is 211 Å². The van der Waals surface area contributed by atoms with Crippen LogP contribution >= 0.6 is 0 Å². The van der Waals surface area contributed by atoms with E-state index in [2.05, 4.69) is 214 Å². The lowest BCUT2D eigenvalue weighted by Crippen LogP contribution is -2.14. The van der Waals surface area contributed by atoms with Gasteiger partial charge in [0.15, 0.2) is 17.5 Å². The molecule has 2 heterocycles. The fourth-order valence-electron chi connectivity index (χ4n) is 9.60. The molecule has 292 valence electrons. The Labute approximate surface area is 359 Å². The first-order chi connectivity index (χ1) is 30.5. The van der Waals surface area contributed by atoms with Crippen molar-refractivity contribution in [1.82, 2.24) is 15.0 Å². The van der Waals surface area contributed by atoms with Crippen LogP contribution in [0.5, 0.6) is 0 Å². The van der Waals surface area contributed by atoms with Gasteiger partial charge in [0.25, 0.3) is 0 Å². The predicted octanol–water partition coefficient (Wildman–Crippen LogP) is 15.2. The third-order valence-corrected chi connectivity index (χ3v) is 12.7. The third-order valence-electron chi connectivity index (χ3n) is 12.7. The lowest BCUT2D eigenvalue weighted by atomic mass is 9.82. The largest absolute Gasteiger partial charge is 0.456 e. The zero-order valence-electron chi connectivity index (χ0n) is 34.3. The number of hydrogen-bond donors (Lipinski definition) is 0. The summed E-state index contributed by atoms with van der Waals surface area (Å²) in [6, 6.07) is 70.8. The van der Waals surface area contributed by atoms with Crippen LogP contribution in [0.15, 0.2) is 205 Å². The van der Waals surface area contributed by atoms with E-state index in [0.29, 0.717) is 17.5 Å². The Morgan fingerprint density at radius 2 is 0.919 bits per heavy atom. The smallest absolute Gasteiger partial charge is 0.164 e. The molecule has 0 N–H and O–H groups in total. The number of aromatic nitrogens is 3. The maximum absolute atomic E-state index is 6.61. The van der Waals surface area contributed by atoms with Crippen LogP contribution in [0, 0.1) is 0 Å². The van der Waals surface area contributed by atoms with Crippen molar-refractivity contribution in [2.45, 2.75) is 19.3 Å². The van der Waals surface area contributed by atoms with Gasteiger partial charge >= 0.3 is 0 Å². The van der Waals surface area contributed by atoms with Crippen LogP contribution < -0.4 is 0 Å². The van der Waals surface area contributed by atoms with Gasteiger partial charge in [-0.2, -0.15) is 0 Å². The standard InChI is InChI=1S/C58H39N3O/c1-58(2)49-25-9-8-22-46(49)53-48(24-12-26-50(53)58)57-60-55(59-56(61-57)44-29-28-37-16-6-7-17-38(37)33-44)43-21-11-19-40(34-43)41-30-31-47-52(35-41)62-51-27-13-23-45(54(47)51)42-20-10-18-39(32-42)36-14-4-3-5-15-36/h3-35H,1-2H3. The van der Waals surface area contributed by atoms with E-state index in [-0.39, 0.29) is 5.41 Å². The van der Waals surface area contributed by atoms with Crippen molar-refractivity contribution in [3.63, 3.8) is 0 Å². The number of nitrogens with zero attached hydrogens (tertiary/aromatic N) is 3. The van der Waals surface area contributed by atoms with Gasteiger partial charge in [-0.15, -0.1) is 0 Å². The Kier molecular flexibility index (Phi) is 8.16. The van der Waals surface area contributed by atoms with E-state index in [0.717, 1.165) is 66.3 Å². The number of hydrogen-bond acceptors (Lipinski definition) is 4. The molecule has 0 spiro atoms. The van der Waals surface area contributed by atoms with Crippen LogP contribution in [-0.2, 0) is 5.41 Å². The summed E-state index contributed by atoms with van der Waals surface area (Å²) in [5.41, 5.74) is 16.2. The molecule has 0 saturated heterocycles. The van der Waals surface area contributed by atoms with Crippen LogP contribution in [0.1, 0.15) is 25.0 Å². The molecule has 0 unspecified atom stereocenters. The van der Waals surface area contributed by atoms with Gasteiger partial charge in [0, 0.05) is 32.9 Å². The summed E-state index contributed by atoms with van der Waals surface area (Å²) in [4.78, 5) is 15.8. The quantitative estimate of drug-likeness (QED) is 0.168. The minimum atomic E-state index is -0.150. The Morgan fingerprint density at radius 3 is 1.77 bits per heavy atom. The highest BCUT2D eigenvalue weighted by molar-refractivity contribution is 6.13. The summed E-state index contributed by atoms with van der Waals surface area (Å²) in [5, 5.41) is 4.52. The zero-order chi connectivity index (χ0) is 41.4. The molecule has 4 heteroatoms. The average Bonchev–Trinajstić information content (AvgIpc) is 3.83. The van der Waals surface area contributed by atoms with Gasteiger partial charge in [-0.25, -0.2) is 15.0 Å². The lowest BCUT2D eigenvalue weighted by Gasteiger charge is -2.21. The van der Waals surface area contributed by atoms with Crippen molar-refractivity contribution in [2.24, 2.45) is 0 Å². The zero-order valence-corrected chi connectivity index (χ0v) is 34.3. The van der Waals surface area contributed by atoms with E-state index in [1.807, 2.05) is 0 Å². The van der Waals surface area contributed by atoms with Gasteiger partial charge in [0.2, 0.25) is 0 Å². The Hall–Kier alpha value is -7.95. The van der Waals surface area contributed by atoms with Crippen molar-refractivity contribution in [3.8, 4) is 78.7 Å². The third kappa shape index (κ3) is 5.87. The molecule has 1 aliphatic rings. The molecule has 0 radical (unpaired) electrons. The van der Waals surface area contributed by atoms with E-state index in [9.17, 15) is 0 Å². The lowest BCUT2D eigenvalue weighted by molar-refractivity contribution is 0.660. The molecule has 12 rings (SSSR count). The first kappa shape index (κ1) is 35.9. The van der Waals surface area contributed by atoms with E-state index < -0.39 is 0 Å². The first-order valence-electron chi connectivity index (χ1n) is 21.2. The Balaban J connectivity index is 0.978. The fraction of sp³-hybridized carbons (Fsp3) is 0.0517. The SMILES string of the molecule is CC1(C)c2ccccc2-c2c(-c3nc(-c4cccc(-c5ccc6c(c5)oc5cccc(-c7cccc(-c8ccccc8)c7)c56)c4)nc(-c4ccc5ccccc5c4)n3)cccc21. The average molecular weight is 794 g/mol. The van der Waals surface area contributed by atoms with Crippen LogP contribution in [-0.4, -0.2) is 15.0 Å². The highest BCUT2D eigenvalue weighted by Gasteiger charge is 2.37. The normalized spacial score (nSPS) is 12.8. The van der Waals surface area contributed by atoms with Gasteiger partial charge in [-0.1, -0.05) is 178 Å². The first-order valence-corrected chi connectivity index (χ1v) is 21.2. The number of benzene rings is 9. The summed E-state index contributed by atoms with van der Waals surface area (Å²) < 4.78 is 6.61. The van der Waals surface area contributed by atoms with E-state index in [1.54, 1.807) is 0 Å². The summed E-state index contributed by atoms with van der Waals surface area (Å²) in [6.45, 7) is 4.61. The maximum Gasteiger partial charge on any atom is 0.164 e. The van der Waals surface area contributed by atoms with Crippen molar-refractivity contribution in [1.29, 1.82) is 0 Å². The summed E-state index contributed by atoms with van der Waals surface area (Å²) in [7, 11) is 0. The molecule has 0 aliphatic heterocycles. The highest BCUT2D eigenvalue weighted by atomic mass is 16.3. The number of rotatable bonds is 6. The second kappa shape index (κ2) is 14.1. The Morgan fingerprint density at radius 1 is 0.355 bits per heavy atom. The molecule has 0 atom stereocenters. The minimum Gasteiger partial charge on any atom is -0.456 e. The summed E-state index contributed by atoms with van der Waals surface area (Å²) in [5.74, 6) is 1.91. The maximum atomic E-state index is 6.61. The molecule has 0 saturated carbocycles. The van der Waals surface area contributed by atoms with Crippen molar-refractivity contribution < 1.29 is 4.42 Å². The molecule has 0 bridgehead atoms. The van der Waals surface area contributed by atoms with Crippen LogP contribution in [0.4, 0.5) is 0 Å². The summed E-state index contributed by atoms with van der Waals surface area (Å²) >= 11 is 0. The predicted molar refractivity (Wildman–Crippen MR) is 255 cm³/mol. The van der Waals surface area contributed by atoms with E-state index >= 15 is 0 Å². The molecular formula is C58H39N3O. The molecule has 1 aliphatic carbocycles. The molecule has 9 aromatic carbocycles. The molecular weight excluding hydrogens is 755 g/mol. The topological polar surface area (TPSA) is 51.8 Å². The number of fused-ring (bicyclic) bond motifs is 7. The fourth-order valence-corrected chi connectivity index (χ4v) is 9.60. The molecule has 2 aromatic heterocycles. The molecule has 62 heavy (non-hydrogen) atoms. The monoisotopic (exact) mass is 793 g/mol. The highest BCUT2D eigenvalue weighted by Crippen LogP contribution is 2.52.